The average molecular weight is 208 g/mol. The first-order valence-electron chi connectivity index (χ1n) is 3.91. The van der Waals surface area contributed by atoms with E-state index in [1.54, 1.807) is 24.3 Å². The molecular formula is C9H8N2O4. The number of fused-ring (bicyclic) bond motifs is 1. The number of aromatic amines is 1. The normalized spacial score (nSPS) is 9.60. The second-order valence-electron chi connectivity index (χ2n) is 2.74. The molecule has 0 aliphatic rings. The molecule has 0 fully saturated rings. The predicted molar refractivity (Wildman–Crippen MR) is 52.9 cm³/mol. The summed E-state index contributed by atoms with van der Waals surface area (Å²) >= 11 is 0. The third kappa shape index (κ3) is 1.84. The van der Waals surface area contributed by atoms with Gasteiger partial charge in [0.05, 0.1) is 5.52 Å². The molecule has 0 aliphatic heterocycles. The van der Waals surface area contributed by atoms with Gasteiger partial charge in [-0.25, -0.2) is 9.59 Å². The van der Waals surface area contributed by atoms with Crippen LogP contribution in [0.2, 0.25) is 0 Å². The van der Waals surface area contributed by atoms with Crippen molar-refractivity contribution >= 4 is 16.9 Å². The van der Waals surface area contributed by atoms with Gasteiger partial charge in [-0.3, -0.25) is 0 Å². The van der Waals surface area contributed by atoms with E-state index in [0.717, 1.165) is 0 Å². The van der Waals surface area contributed by atoms with Crippen molar-refractivity contribution in [2.24, 2.45) is 0 Å². The van der Waals surface area contributed by atoms with Crippen molar-refractivity contribution in [3.63, 3.8) is 0 Å². The van der Waals surface area contributed by atoms with Gasteiger partial charge in [0.2, 0.25) is 0 Å². The van der Waals surface area contributed by atoms with Crippen molar-refractivity contribution in [3.8, 4) is 0 Å². The van der Waals surface area contributed by atoms with Gasteiger partial charge in [-0.05, 0) is 6.07 Å². The molecule has 0 radical (unpaired) electrons. The molecule has 0 spiro atoms. The molecule has 0 saturated heterocycles. The minimum atomic E-state index is -1.20. The second kappa shape index (κ2) is 3.89. The summed E-state index contributed by atoms with van der Waals surface area (Å²) in [5.74, 6) is -1.20. The highest BCUT2D eigenvalue weighted by atomic mass is 16.4. The van der Waals surface area contributed by atoms with Gasteiger partial charge >= 0.3 is 11.7 Å². The number of para-hydroxylation sites is 1. The molecule has 0 aliphatic carbocycles. The van der Waals surface area contributed by atoms with Gasteiger partial charge in [-0.2, -0.15) is 4.98 Å². The van der Waals surface area contributed by atoms with Gasteiger partial charge in [0.1, 0.15) is 0 Å². The second-order valence-corrected chi connectivity index (χ2v) is 2.74. The summed E-state index contributed by atoms with van der Waals surface area (Å²) in [7, 11) is 0. The molecule has 6 heteroatoms. The van der Waals surface area contributed by atoms with Crippen molar-refractivity contribution in [2.45, 2.75) is 0 Å². The Balaban J connectivity index is 0.00000112. The number of carboxylic acid groups (broad SMARTS) is 1. The number of aromatic nitrogens is 2. The summed E-state index contributed by atoms with van der Waals surface area (Å²) in [6, 6.07) is 6.63. The number of nitrogens with one attached hydrogen (secondary N) is 1. The number of aromatic carboxylic acids is 1. The number of H-pyrrole nitrogens is 1. The van der Waals surface area contributed by atoms with E-state index in [4.69, 9.17) is 5.11 Å². The molecule has 15 heavy (non-hydrogen) atoms. The van der Waals surface area contributed by atoms with Crippen LogP contribution in [-0.2, 0) is 0 Å². The maximum Gasteiger partial charge on any atom is 0.355 e. The van der Waals surface area contributed by atoms with Gasteiger partial charge in [0.15, 0.2) is 5.69 Å². The van der Waals surface area contributed by atoms with Crippen LogP contribution in [0, 0.1) is 0 Å². The number of hydrogen-bond donors (Lipinski definition) is 2. The van der Waals surface area contributed by atoms with E-state index in [0.29, 0.717) is 10.9 Å². The molecule has 2 rings (SSSR count). The van der Waals surface area contributed by atoms with Crippen molar-refractivity contribution in [2.75, 3.05) is 0 Å². The highest BCUT2D eigenvalue weighted by molar-refractivity contribution is 6.00. The molecule has 0 saturated carbocycles. The summed E-state index contributed by atoms with van der Waals surface area (Å²) in [5, 5.41) is 9.22. The fraction of sp³-hybridized carbons (Fsp3) is 0. The van der Waals surface area contributed by atoms with Crippen molar-refractivity contribution < 1.29 is 15.4 Å². The minimum Gasteiger partial charge on any atom is -0.476 e. The molecule has 78 valence electrons. The Labute approximate surface area is 83.5 Å². The van der Waals surface area contributed by atoms with Crippen LogP contribution < -0.4 is 5.69 Å². The van der Waals surface area contributed by atoms with Crippen LogP contribution in [0.25, 0.3) is 10.9 Å². The molecule has 0 atom stereocenters. The maximum absolute atomic E-state index is 11.0. The van der Waals surface area contributed by atoms with Crippen LogP contribution in [0.5, 0.6) is 0 Å². The van der Waals surface area contributed by atoms with Gasteiger partial charge in [0.25, 0.3) is 0 Å². The van der Waals surface area contributed by atoms with E-state index in [-0.39, 0.29) is 11.2 Å². The third-order valence-electron chi connectivity index (χ3n) is 1.84. The van der Waals surface area contributed by atoms with Crippen LogP contribution in [0.4, 0.5) is 0 Å². The van der Waals surface area contributed by atoms with E-state index in [2.05, 4.69) is 9.97 Å². The van der Waals surface area contributed by atoms with Crippen molar-refractivity contribution in [1.82, 2.24) is 9.97 Å². The lowest BCUT2D eigenvalue weighted by Gasteiger charge is -1.99. The van der Waals surface area contributed by atoms with Crippen LogP contribution >= 0.6 is 0 Å². The quantitative estimate of drug-likeness (QED) is 0.674. The van der Waals surface area contributed by atoms with Crippen molar-refractivity contribution in [3.05, 3.63) is 40.4 Å². The largest absolute Gasteiger partial charge is 0.476 e. The lowest BCUT2D eigenvalue weighted by atomic mass is 10.2. The minimum absolute atomic E-state index is 0. The summed E-state index contributed by atoms with van der Waals surface area (Å²) in [6.45, 7) is 0. The van der Waals surface area contributed by atoms with E-state index in [1.807, 2.05) is 0 Å². The zero-order valence-corrected chi connectivity index (χ0v) is 7.52. The molecule has 0 amide bonds. The number of nitrogens with zero attached hydrogens (tertiary/aromatic N) is 1. The molecule has 1 aromatic carbocycles. The van der Waals surface area contributed by atoms with Gasteiger partial charge in [0, 0.05) is 5.39 Å². The molecule has 0 unspecified atom stereocenters. The van der Waals surface area contributed by atoms with Crippen LogP contribution in [0.1, 0.15) is 10.5 Å². The lowest BCUT2D eigenvalue weighted by molar-refractivity contribution is 0.0692. The summed E-state index contributed by atoms with van der Waals surface area (Å²) in [4.78, 5) is 27.6. The highest BCUT2D eigenvalue weighted by Gasteiger charge is 2.10. The van der Waals surface area contributed by atoms with Crippen LogP contribution in [0.3, 0.4) is 0 Å². The molecule has 2 aromatic rings. The van der Waals surface area contributed by atoms with E-state index >= 15 is 0 Å². The molecule has 1 aromatic heterocycles. The Morgan fingerprint density at radius 2 is 2.00 bits per heavy atom. The van der Waals surface area contributed by atoms with Gasteiger partial charge in [-0.1, -0.05) is 18.2 Å². The zero-order valence-electron chi connectivity index (χ0n) is 7.52. The van der Waals surface area contributed by atoms with E-state index in [1.165, 1.54) is 0 Å². The first-order chi connectivity index (χ1) is 6.68. The number of carbonyl (C=O) groups is 1. The molecule has 4 N–H and O–H groups in total. The fourth-order valence-electron chi connectivity index (χ4n) is 1.27. The first kappa shape index (κ1) is 10.9. The lowest BCUT2D eigenvalue weighted by Crippen LogP contribution is -2.16. The zero-order chi connectivity index (χ0) is 10.1. The van der Waals surface area contributed by atoms with Crippen LogP contribution in [-0.4, -0.2) is 26.5 Å². The Morgan fingerprint density at radius 3 is 2.67 bits per heavy atom. The highest BCUT2D eigenvalue weighted by Crippen LogP contribution is 2.11. The topological polar surface area (TPSA) is 115 Å². The summed E-state index contributed by atoms with van der Waals surface area (Å²) < 4.78 is 0. The first-order valence-corrected chi connectivity index (χ1v) is 3.91. The van der Waals surface area contributed by atoms with Gasteiger partial charge in [-0.15, -0.1) is 0 Å². The third-order valence-corrected chi connectivity index (χ3v) is 1.84. The Kier molecular flexibility index (Phi) is 2.82. The SMILES string of the molecule is O.O=C(O)c1nc(=O)[nH]c2ccccc12. The Morgan fingerprint density at radius 1 is 1.33 bits per heavy atom. The summed E-state index contributed by atoms with van der Waals surface area (Å²) in [5.41, 5.74) is -0.393. The number of hydrogen-bond acceptors (Lipinski definition) is 3. The monoisotopic (exact) mass is 208 g/mol. The van der Waals surface area contributed by atoms with Crippen molar-refractivity contribution in [1.29, 1.82) is 0 Å². The van der Waals surface area contributed by atoms with Gasteiger partial charge < -0.3 is 15.6 Å². The molecule has 6 nitrogen and oxygen atoms in total. The Hall–Kier alpha value is -2.21. The predicted octanol–water partition coefficient (Wildman–Crippen LogP) is -0.203. The molecule has 1 heterocycles. The van der Waals surface area contributed by atoms with E-state index < -0.39 is 11.7 Å². The fourth-order valence-corrected chi connectivity index (χ4v) is 1.27. The standard InChI is InChI=1S/C9H6N2O3.H2O/c12-8(13)7-5-3-1-2-4-6(5)10-9(14)11-7;/h1-4H,(H,12,13)(H,10,11,14);1H2. The number of carboxylic acids is 1. The van der Waals surface area contributed by atoms with E-state index in [9.17, 15) is 9.59 Å². The number of rotatable bonds is 1. The molecular weight excluding hydrogens is 200 g/mol. The maximum atomic E-state index is 11.0. The smallest absolute Gasteiger partial charge is 0.355 e. The average Bonchev–Trinajstić information content (AvgIpc) is 2.16. The van der Waals surface area contributed by atoms with Crippen LogP contribution in [0.15, 0.2) is 29.1 Å². The number of benzene rings is 1. The summed E-state index contributed by atoms with van der Waals surface area (Å²) in [6.07, 6.45) is 0. The Bertz CT molecular complexity index is 561. The molecule has 0 bridgehead atoms.